The van der Waals surface area contributed by atoms with Crippen LogP contribution in [0.25, 0.3) is 0 Å². The van der Waals surface area contributed by atoms with Crippen LogP contribution in [0.3, 0.4) is 0 Å². The number of hydrogen-bond donors (Lipinski definition) is 2. The Morgan fingerprint density at radius 3 is 2.94 bits per heavy atom. The van der Waals surface area contributed by atoms with E-state index in [1.165, 1.54) is 13.2 Å². The molecular formula is C13H18N2O3. The summed E-state index contributed by atoms with van der Waals surface area (Å²) < 4.78 is 4.96. The molecule has 98 valence electrons. The maximum absolute atomic E-state index is 12.2. The monoisotopic (exact) mass is 250 g/mol. The van der Waals surface area contributed by atoms with Gasteiger partial charge >= 0.3 is 0 Å². The third-order valence-corrected chi connectivity index (χ3v) is 3.08. The average Bonchev–Trinajstić information content (AvgIpc) is 2.37. The summed E-state index contributed by atoms with van der Waals surface area (Å²) in [7, 11) is 1.48. The summed E-state index contributed by atoms with van der Waals surface area (Å²) in [5.41, 5.74) is 0.488. The molecule has 0 radical (unpaired) electrons. The van der Waals surface area contributed by atoms with Crippen LogP contribution in [0.1, 0.15) is 17.3 Å². The number of rotatable bonds is 2. The van der Waals surface area contributed by atoms with Gasteiger partial charge in [-0.3, -0.25) is 4.79 Å². The van der Waals surface area contributed by atoms with Gasteiger partial charge in [0.15, 0.2) is 11.5 Å². The number of hydrogen-bond acceptors (Lipinski definition) is 4. The fourth-order valence-electron chi connectivity index (χ4n) is 2.12. The first-order valence-electron chi connectivity index (χ1n) is 6.01. The fraction of sp³-hybridized carbons (Fsp3) is 0.462. The number of carbonyl (C=O) groups excluding carboxylic acids is 1. The number of aromatic hydroxyl groups is 1. The number of piperazine rings is 1. The quantitative estimate of drug-likeness (QED) is 0.816. The fourth-order valence-corrected chi connectivity index (χ4v) is 2.12. The molecular weight excluding hydrogens is 232 g/mol. The number of phenols is 1. The smallest absolute Gasteiger partial charge is 0.254 e. The number of nitrogens with one attached hydrogen (secondary N) is 1. The normalized spacial score (nSPS) is 19.7. The first kappa shape index (κ1) is 12.7. The van der Waals surface area contributed by atoms with Crippen molar-refractivity contribution in [3.8, 4) is 11.5 Å². The molecule has 0 saturated carbocycles. The highest BCUT2D eigenvalue weighted by Crippen LogP contribution is 2.26. The maximum Gasteiger partial charge on any atom is 0.254 e. The van der Waals surface area contributed by atoms with E-state index in [2.05, 4.69) is 5.32 Å². The number of ether oxygens (including phenoxy) is 1. The van der Waals surface area contributed by atoms with Crippen molar-refractivity contribution < 1.29 is 14.6 Å². The molecule has 18 heavy (non-hydrogen) atoms. The first-order valence-corrected chi connectivity index (χ1v) is 6.01. The van der Waals surface area contributed by atoms with Crippen molar-refractivity contribution in [2.75, 3.05) is 26.7 Å². The lowest BCUT2D eigenvalue weighted by Gasteiger charge is -2.32. The molecule has 2 N–H and O–H groups in total. The van der Waals surface area contributed by atoms with Crippen LogP contribution in [-0.4, -0.2) is 48.7 Å². The minimum absolute atomic E-state index is 0.00784. The number of methoxy groups -OCH3 is 1. The van der Waals surface area contributed by atoms with E-state index in [1.54, 1.807) is 17.0 Å². The van der Waals surface area contributed by atoms with Crippen molar-refractivity contribution in [3.05, 3.63) is 23.8 Å². The zero-order valence-corrected chi connectivity index (χ0v) is 10.6. The Labute approximate surface area is 106 Å². The summed E-state index contributed by atoms with van der Waals surface area (Å²) in [4.78, 5) is 14.0. The molecule has 1 amide bonds. The van der Waals surface area contributed by atoms with Crippen molar-refractivity contribution in [1.82, 2.24) is 10.2 Å². The Kier molecular flexibility index (Phi) is 3.72. The van der Waals surface area contributed by atoms with Gasteiger partial charge in [0, 0.05) is 31.2 Å². The highest BCUT2D eigenvalue weighted by atomic mass is 16.5. The van der Waals surface area contributed by atoms with E-state index in [1.807, 2.05) is 6.92 Å². The maximum atomic E-state index is 12.2. The van der Waals surface area contributed by atoms with E-state index in [4.69, 9.17) is 4.74 Å². The Balaban J connectivity index is 2.15. The number of phenolic OH excluding ortho intramolecular Hbond substituents is 1. The van der Waals surface area contributed by atoms with E-state index < -0.39 is 0 Å². The lowest BCUT2D eigenvalue weighted by atomic mass is 10.1. The molecule has 5 heteroatoms. The third-order valence-electron chi connectivity index (χ3n) is 3.08. The SMILES string of the molecule is COc1ccc(C(=O)N2CCNC(C)C2)cc1O. The second-order valence-electron chi connectivity index (χ2n) is 4.49. The largest absolute Gasteiger partial charge is 0.504 e. The number of nitrogens with zero attached hydrogens (tertiary/aromatic N) is 1. The second kappa shape index (κ2) is 5.27. The lowest BCUT2D eigenvalue weighted by molar-refractivity contribution is 0.0708. The van der Waals surface area contributed by atoms with E-state index in [0.717, 1.165) is 6.54 Å². The van der Waals surface area contributed by atoms with Crippen molar-refractivity contribution in [1.29, 1.82) is 0 Å². The Morgan fingerprint density at radius 2 is 2.33 bits per heavy atom. The topological polar surface area (TPSA) is 61.8 Å². The van der Waals surface area contributed by atoms with Crippen LogP contribution in [0.15, 0.2) is 18.2 Å². The van der Waals surface area contributed by atoms with Gasteiger partial charge in [-0.15, -0.1) is 0 Å². The highest BCUT2D eigenvalue weighted by molar-refractivity contribution is 5.95. The molecule has 1 fully saturated rings. The highest BCUT2D eigenvalue weighted by Gasteiger charge is 2.22. The van der Waals surface area contributed by atoms with Gasteiger partial charge in [0.05, 0.1) is 7.11 Å². The lowest BCUT2D eigenvalue weighted by Crippen LogP contribution is -2.51. The summed E-state index contributed by atoms with van der Waals surface area (Å²) in [5.74, 6) is 0.313. The molecule has 0 aromatic heterocycles. The molecule has 1 atom stereocenters. The van der Waals surface area contributed by atoms with Crippen molar-refractivity contribution in [2.24, 2.45) is 0 Å². The Morgan fingerprint density at radius 1 is 1.56 bits per heavy atom. The molecule has 1 aliphatic heterocycles. The van der Waals surface area contributed by atoms with Gasteiger partial charge in [-0.2, -0.15) is 0 Å². The molecule has 2 rings (SSSR count). The predicted molar refractivity (Wildman–Crippen MR) is 68.0 cm³/mol. The van der Waals surface area contributed by atoms with Crippen LogP contribution in [-0.2, 0) is 0 Å². The van der Waals surface area contributed by atoms with Gasteiger partial charge < -0.3 is 20.1 Å². The zero-order chi connectivity index (χ0) is 13.1. The molecule has 0 bridgehead atoms. The summed E-state index contributed by atoms with van der Waals surface area (Å²) in [6, 6.07) is 5.03. The van der Waals surface area contributed by atoms with E-state index in [0.29, 0.717) is 30.4 Å². The van der Waals surface area contributed by atoms with Crippen LogP contribution in [0.4, 0.5) is 0 Å². The molecule has 1 unspecified atom stereocenters. The second-order valence-corrected chi connectivity index (χ2v) is 4.49. The van der Waals surface area contributed by atoms with Gasteiger partial charge in [-0.1, -0.05) is 0 Å². The standard InChI is InChI=1S/C13H18N2O3/c1-9-8-15(6-5-14-9)13(17)10-3-4-12(18-2)11(16)7-10/h3-4,7,9,14,16H,5-6,8H2,1-2H3. The number of amides is 1. The van der Waals surface area contributed by atoms with Crippen molar-refractivity contribution >= 4 is 5.91 Å². The molecule has 5 nitrogen and oxygen atoms in total. The summed E-state index contributed by atoms with van der Waals surface area (Å²) in [6.07, 6.45) is 0. The molecule has 1 aromatic rings. The van der Waals surface area contributed by atoms with Gasteiger partial charge in [0.2, 0.25) is 0 Å². The van der Waals surface area contributed by atoms with Crippen molar-refractivity contribution in [2.45, 2.75) is 13.0 Å². The molecule has 1 heterocycles. The average molecular weight is 250 g/mol. The van der Waals surface area contributed by atoms with E-state index >= 15 is 0 Å². The van der Waals surface area contributed by atoms with Crippen LogP contribution in [0, 0.1) is 0 Å². The van der Waals surface area contributed by atoms with Gasteiger partial charge in [-0.25, -0.2) is 0 Å². The molecule has 0 aliphatic carbocycles. The van der Waals surface area contributed by atoms with Gasteiger partial charge in [0.25, 0.3) is 5.91 Å². The van der Waals surface area contributed by atoms with E-state index in [-0.39, 0.29) is 11.7 Å². The number of carbonyl (C=O) groups is 1. The van der Waals surface area contributed by atoms with Crippen LogP contribution < -0.4 is 10.1 Å². The van der Waals surface area contributed by atoms with Gasteiger partial charge in [0.1, 0.15) is 0 Å². The predicted octanol–water partition coefficient (Wildman–Crippen LogP) is 0.835. The minimum Gasteiger partial charge on any atom is -0.504 e. The van der Waals surface area contributed by atoms with Crippen LogP contribution in [0.5, 0.6) is 11.5 Å². The summed E-state index contributed by atoms with van der Waals surface area (Å²) in [5, 5.41) is 13.0. The zero-order valence-electron chi connectivity index (χ0n) is 10.6. The molecule has 1 aliphatic rings. The van der Waals surface area contributed by atoms with Crippen LogP contribution in [0.2, 0.25) is 0 Å². The minimum atomic E-state index is -0.0543. The number of benzene rings is 1. The Bertz CT molecular complexity index is 448. The molecule has 1 saturated heterocycles. The molecule has 1 aromatic carbocycles. The third kappa shape index (κ3) is 2.56. The van der Waals surface area contributed by atoms with Crippen molar-refractivity contribution in [3.63, 3.8) is 0 Å². The van der Waals surface area contributed by atoms with Gasteiger partial charge in [-0.05, 0) is 25.1 Å². The van der Waals surface area contributed by atoms with E-state index in [9.17, 15) is 9.90 Å². The summed E-state index contributed by atoms with van der Waals surface area (Å²) in [6.45, 7) is 4.22. The van der Waals surface area contributed by atoms with Crippen LogP contribution >= 0.6 is 0 Å². The summed E-state index contributed by atoms with van der Waals surface area (Å²) >= 11 is 0. The Hall–Kier alpha value is -1.75. The first-order chi connectivity index (χ1) is 8.61. The molecule has 0 spiro atoms.